The molecule has 11 heteroatoms. The van der Waals surface area contributed by atoms with Gasteiger partial charge >= 0.3 is 16.3 Å². The van der Waals surface area contributed by atoms with Gasteiger partial charge < -0.3 is 9.64 Å². The Kier molecular flexibility index (Phi) is 4.44. The van der Waals surface area contributed by atoms with Gasteiger partial charge in [0, 0.05) is 12.1 Å². The zero-order valence-corrected chi connectivity index (χ0v) is 15.0. The number of aromatic nitrogens is 1. The van der Waals surface area contributed by atoms with E-state index in [0.717, 1.165) is 5.56 Å². The van der Waals surface area contributed by atoms with Gasteiger partial charge in [-0.2, -0.15) is 13.0 Å². The van der Waals surface area contributed by atoms with Crippen molar-refractivity contribution >= 4 is 28.1 Å². The molecule has 0 unspecified atom stereocenters. The van der Waals surface area contributed by atoms with Crippen LogP contribution in [-0.4, -0.2) is 65.7 Å². The molecule has 0 aromatic carbocycles. The zero-order valence-electron chi connectivity index (χ0n) is 14.2. The lowest BCUT2D eigenvalue weighted by Gasteiger charge is -2.42. The molecule has 0 aliphatic carbocycles. The van der Waals surface area contributed by atoms with Crippen LogP contribution >= 0.6 is 0 Å². The van der Waals surface area contributed by atoms with Crippen LogP contribution in [-0.2, 0) is 31.2 Å². The van der Waals surface area contributed by atoms with Crippen molar-refractivity contribution in [3.8, 4) is 0 Å². The summed E-state index contributed by atoms with van der Waals surface area (Å²) in [7, 11) is -3.35. The molecule has 1 aromatic rings. The Balaban J connectivity index is 1.75. The number of pyridine rings is 1. The summed E-state index contributed by atoms with van der Waals surface area (Å²) in [5.74, 6) is -1.73. The number of fused-ring (bicyclic) bond motifs is 1. The number of hydrogen-bond acceptors (Lipinski definition) is 6. The quantitative estimate of drug-likeness (QED) is 0.295. The first-order chi connectivity index (χ1) is 12.1. The van der Waals surface area contributed by atoms with Crippen molar-refractivity contribution in [1.29, 1.82) is 0 Å². The average Bonchev–Trinajstić information content (AvgIpc) is 2.90. The highest BCUT2D eigenvalue weighted by molar-refractivity contribution is 7.84. The van der Waals surface area contributed by atoms with Crippen LogP contribution in [0.4, 0.5) is 0 Å². The molecule has 0 spiro atoms. The SMILES string of the molecule is COC(=O)c1cc(C)c[n+](CC(=O)N2CC[C@@H]3[C@H]2C(=O)N3S(=O)(=O)O)c1. The van der Waals surface area contributed by atoms with E-state index in [0.29, 0.717) is 4.31 Å². The molecule has 10 nitrogen and oxygen atoms in total. The molecular weight excluding hydrogens is 366 g/mol. The highest BCUT2D eigenvalue weighted by Gasteiger charge is 2.60. The molecule has 1 aromatic heterocycles. The molecule has 26 heavy (non-hydrogen) atoms. The Morgan fingerprint density at radius 2 is 2.08 bits per heavy atom. The number of hydrogen-bond donors (Lipinski definition) is 1. The predicted octanol–water partition coefficient (Wildman–Crippen LogP) is -1.32. The number of β-lactam (4-membered cyclic amide) rings is 1. The van der Waals surface area contributed by atoms with Crippen molar-refractivity contribution in [2.45, 2.75) is 32.0 Å². The van der Waals surface area contributed by atoms with Gasteiger partial charge in [-0.05, 0) is 19.4 Å². The average molecular weight is 384 g/mol. The van der Waals surface area contributed by atoms with E-state index in [1.54, 1.807) is 19.2 Å². The van der Waals surface area contributed by atoms with E-state index in [2.05, 4.69) is 4.74 Å². The van der Waals surface area contributed by atoms with Gasteiger partial charge in [-0.3, -0.25) is 14.1 Å². The molecule has 0 saturated carbocycles. The van der Waals surface area contributed by atoms with Crippen LogP contribution in [0.5, 0.6) is 0 Å². The van der Waals surface area contributed by atoms with Crippen LogP contribution < -0.4 is 4.57 Å². The van der Waals surface area contributed by atoms with Gasteiger partial charge in [0.2, 0.25) is 6.54 Å². The summed E-state index contributed by atoms with van der Waals surface area (Å²) in [6.45, 7) is 1.86. The molecule has 0 radical (unpaired) electrons. The number of ether oxygens (including phenoxy) is 1. The highest BCUT2D eigenvalue weighted by Crippen LogP contribution is 2.35. The molecule has 3 rings (SSSR count). The third-order valence-electron chi connectivity index (χ3n) is 4.50. The monoisotopic (exact) mass is 384 g/mol. The summed E-state index contributed by atoms with van der Waals surface area (Å²) < 4.78 is 38.1. The number of aryl methyl sites for hydroxylation is 1. The summed E-state index contributed by atoms with van der Waals surface area (Å²) in [5.41, 5.74) is 1.04. The zero-order chi connectivity index (χ0) is 19.2. The summed E-state index contributed by atoms with van der Waals surface area (Å²) in [6.07, 6.45) is 3.41. The fourth-order valence-electron chi connectivity index (χ4n) is 3.46. The van der Waals surface area contributed by atoms with E-state index < -0.39 is 34.3 Å². The molecule has 2 saturated heterocycles. The number of amides is 2. The summed E-state index contributed by atoms with van der Waals surface area (Å²) >= 11 is 0. The minimum absolute atomic E-state index is 0.117. The summed E-state index contributed by atoms with van der Waals surface area (Å²) in [6, 6.07) is 0.0162. The summed E-state index contributed by atoms with van der Waals surface area (Å²) in [4.78, 5) is 37.6. The van der Waals surface area contributed by atoms with E-state index in [-0.39, 0.29) is 31.0 Å². The van der Waals surface area contributed by atoms with Crippen molar-refractivity contribution in [3.05, 3.63) is 29.6 Å². The van der Waals surface area contributed by atoms with E-state index in [1.165, 1.54) is 22.8 Å². The van der Waals surface area contributed by atoms with Crippen molar-refractivity contribution < 1.29 is 36.7 Å². The van der Waals surface area contributed by atoms with Crippen molar-refractivity contribution in [1.82, 2.24) is 9.21 Å². The first kappa shape index (κ1) is 18.3. The molecule has 2 fully saturated rings. The lowest BCUT2D eigenvalue weighted by molar-refractivity contribution is -0.685. The second-order valence-electron chi connectivity index (χ2n) is 6.27. The third-order valence-corrected chi connectivity index (χ3v) is 5.45. The maximum Gasteiger partial charge on any atom is 0.362 e. The van der Waals surface area contributed by atoms with Gasteiger partial charge in [-0.25, -0.2) is 9.10 Å². The maximum absolute atomic E-state index is 12.6. The van der Waals surface area contributed by atoms with Crippen LogP contribution in [0.15, 0.2) is 18.5 Å². The number of nitrogens with zero attached hydrogens (tertiary/aromatic N) is 3. The molecule has 0 bridgehead atoms. The van der Waals surface area contributed by atoms with Crippen LogP contribution in [0.2, 0.25) is 0 Å². The number of esters is 1. The predicted molar refractivity (Wildman–Crippen MR) is 85.0 cm³/mol. The van der Waals surface area contributed by atoms with Gasteiger partial charge in [-0.15, -0.1) is 0 Å². The lowest BCUT2D eigenvalue weighted by atomic mass is 10.0. The molecule has 2 atom stereocenters. The molecule has 3 heterocycles. The molecule has 1 N–H and O–H groups in total. The van der Waals surface area contributed by atoms with Gasteiger partial charge in [0.15, 0.2) is 12.4 Å². The number of rotatable bonds is 4. The van der Waals surface area contributed by atoms with Crippen molar-refractivity contribution in [2.24, 2.45) is 0 Å². The van der Waals surface area contributed by atoms with Crippen molar-refractivity contribution in [3.63, 3.8) is 0 Å². The van der Waals surface area contributed by atoms with Crippen LogP contribution in [0.3, 0.4) is 0 Å². The van der Waals surface area contributed by atoms with E-state index >= 15 is 0 Å². The normalized spacial score (nSPS) is 22.0. The molecule has 140 valence electrons. The number of carbonyl (C=O) groups excluding carboxylic acids is 3. The van der Waals surface area contributed by atoms with Crippen LogP contribution in [0.25, 0.3) is 0 Å². The fourth-order valence-corrected chi connectivity index (χ4v) is 4.36. The Morgan fingerprint density at radius 3 is 2.69 bits per heavy atom. The number of carbonyl (C=O) groups is 3. The lowest BCUT2D eigenvalue weighted by Crippen LogP contribution is -2.68. The Hall–Kier alpha value is -2.53. The first-order valence-corrected chi connectivity index (χ1v) is 9.22. The maximum atomic E-state index is 12.6. The van der Waals surface area contributed by atoms with E-state index in [9.17, 15) is 22.8 Å². The first-order valence-electron chi connectivity index (χ1n) is 7.82. The van der Waals surface area contributed by atoms with Crippen LogP contribution in [0, 0.1) is 6.92 Å². The van der Waals surface area contributed by atoms with E-state index in [4.69, 9.17) is 4.55 Å². The van der Waals surface area contributed by atoms with Gasteiger partial charge in [0.1, 0.15) is 11.6 Å². The summed E-state index contributed by atoms with van der Waals surface area (Å²) in [5, 5.41) is 0. The van der Waals surface area contributed by atoms with Gasteiger partial charge in [-0.1, -0.05) is 0 Å². The van der Waals surface area contributed by atoms with Gasteiger partial charge in [0.05, 0.1) is 13.2 Å². The minimum atomic E-state index is -4.61. The van der Waals surface area contributed by atoms with Crippen LogP contribution in [0.1, 0.15) is 22.3 Å². The van der Waals surface area contributed by atoms with Gasteiger partial charge in [0.25, 0.3) is 11.8 Å². The Bertz CT molecular complexity index is 899. The highest BCUT2D eigenvalue weighted by atomic mass is 32.2. The van der Waals surface area contributed by atoms with E-state index in [1.807, 2.05) is 0 Å². The minimum Gasteiger partial charge on any atom is -0.465 e. The standard InChI is InChI=1S/C15H17N3O7S/c1-9-5-10(15(21)25-2)7-16(6-9)8-12(19)17-4-3-11-13(17)14(20)18(11)26(22,23)24/h5-7,11,13H,3-4,8H2,1-2H3/p+1/t11-,13+/m1/s1. The second-order valence-corrected chi connectivity index (χ2v) is 7.55. The largest absolute Gasteiger partial charge is 0.465 e. The van der Waals surface area contributed by atoms with Crippen molar-refractivity contribution in [2.75, 3.05) is 13.7 Å². The molecule has 2 amide bonds. The third kappa shape index (κ3) is 3.03. The second kappa shape index (κ2) is 6.32. The Morgan fingerprint density at radius 1 is 1.38 bits per heavy atom. The number of methoxy groups -OCH3 is 1. The molecule has 2 aliphatic heterocycles. The fraction of sp³-hybridized carbons (Fsp3) is 0.467. The molecular formula is C15H18N3O7S+. The number of likely N-dealkylation sites (tertiary alicyclic amines) is 1. The molecule has 2 aliphatic rings. The topological polar surface area (TPSA) is 125 Å². The Labute approximate surface area is 149 Å². The smallest absolute Gasteiger partial charge is 0.362 e.